The number of imidazole rings is 1. The maximum absolute atomic E-state index is 5.96. The Hall–Kier alpha value is -1.32. The van der Waals surface area contributed by atoms with Crippen molar-refractivity contribution in [3.8, 4) is 0 Å². The molecular formula is C17H19ClN2S. The van der Waals surface area contributed by atoms with Crippen LogP contribution in [-0.2, 0) is 13.0 Å². The van der Waals surface area contributed by atoms with Crippen molar-refractivity contribution < 1.29 is 0 Å². The Morgan fingerprint density at radius 1 is 1.19 bits per heavy atom. The molecule has 0 radical (unpaired) electrons. The summed E-state index contributed by atoms with van der Waals surface area (Å²) in [7, 11) is 0. The normalized spacial score (nSPS) is 11.4. The van der Waals surface area contributed by atoms with E-state index in [0.717, 1.165) is 24.3 Å². The molecule has 0 fully saturated rings. The third kappa shape index (κ3) is 2.72. The van der Waals surface area contributed by atoms with Crippen molar-refractivity contribution >= 4 is 34.0 Å². The molecule has 4 heteroatoms. The number of hydrogen-bond donors (Lipinski definition) is 0. The Kier molecular flexibility index (Phi) is 4.05. The highest BCUT2D eigenvalue weighted by Crippen LogP contribution is 2.26. The first-order chi connectivity index (χ1) is 10.1. The van der Waals surface area contributed by atoms with Crippen LogP contribution >= 0.6 is 22.9 Å². The lowest BCUT2D eigenvalue weighted by molar-refractivity contribution is 0.763. The van der Waals surface area contributed by atoms with Crippen LogP contribution in [-0.4, -0.2) is 15.4 Å². The van der Waals surface area contributed by atoms with Gasteiger partial charge < -0.3 is 4.57 Å². The lowest BCUT2D eigenvalue weighted by atomic mass is 10.2. The van der Waals surface area contributed by atoms with E-state index in [1.165, 1.54) is 26.4 Å². The summed E-state index contributed by atoms with van der Waals surface area (Å²) < 4.78 is 2.31. The van der Waals surface area contributed by atoms with Crippen molar-refractivity contribution in [3.05, 3.63) is 51.0 Å². The summed E-state index contributed by atoms with van der Waals surface area (Å²) in [6, 6.07) is 8.65. The Bertz CT molecular complexity index is 766. The molecule has 0 N–H and O–H groups in total. The first kappa shape index (κ1) is 14.6. The molecule has 0 aliphatic heterocycles. The number of fused-ring (bicyclic) bond motifs is 1. The molecule has 0 saturated heterocycles. The van der Waals surface area contributed by atoms with Crippen molar-refractivity contribution in [1.82, 2.24) is 9.55 Å². The maximum Gasteiger partial charge on any atom is 0.111 e. The summed E-state index contributed by atoms with van der Waals surface area (Å²) in [5, 5.41) is 0. The Morgan fingerprint density at radius 2 is 2.00 bits per heavy atom. The lowest BCUT2D eigenvalue weighted by Gasteiger charge is -2.07. The van der Waals surface area contributed by atoms with Gasteiger partial charge >= 0.3 is 0 Å². The van der Waals surface area contributed by atoms with Gasteiger partial charge in [-0.2, -0.15) is 0 Å². The molecule has 1 aromatic carbocycles. The summed E-state index contributed by atoms with van der Waals surface area (Å²) in [6.07, 6.45) is 0.805. The van der Waals surface area contributed by atoms with E-state index in [9.17, 15) is 0 Å². The second-order valence-corrected chi connectivity index (χ2v) is 7.17. The molecule has 0 spiro atoms. The number of benzene rings is 1. The third-order valence-corrected chi connectivity index (χ3v) is 5.24. The van der Waals surface area contributed by atoms with E-state index < -0.39 is 0 Å². The van der Waals surface area contributed by atoms with Crippen molar-refractivity contribution in [2.75, 3.05) is 5.88 Å². The molecule has 2 aromatic heterocycles. The quantitative estimate of drug-likeness (QED) is 0.629. The van der Waals surface area contributed by atoms with Crippen molar-refractivity contribution in [2.45, 2.75) is 33.7 Å². The number of aryl methyl sites for hydroxylation is 4. The van der Waals surface area contributed by atoms with E-state index in [1.807, 2.05) is 11.3 Å². The van der Waals surface area contributed by atoms with Crippen LogP contribution in [0.4, 0.5) is 0 Å². The van der Waals surface area contributed by atoms with Gasteiger partial charge in [-0.25, -0.2) is 4.98 Å². The summed E-state index contributed by atoms with van der Waals surface area (Å²) >= 11 is 7.83. The monoisotopic (exact) mass is 318 g/mol. The van der Waals surface area contributed by atoms with E-state index >= 15 is 0 Å². The van der Waals surface area contributed by atoms with Gasteiger partial charge in [0.25, 0.3) is 0 Å². The summed E-state index contributed by atoms with van der Waals surface area (Å²) in [6.45, 7) is 7.35. The minimum atomic E-state index is 0.602. The van der Waals surface area contributed by atoms with Gasteiger partial charge in [-0.05, 0) is 44.0 Å². The van der Waals surface area contributed by atoms with Crippen LogP contribution in [0.15, 0.2) is 24.3 Å². The number of halogens is 1. The molecule has 0 saturated carbocycles. The van der Waals surface area contributed by atoms with Crippen molar-refractivity contribution in [3.63, 3.8) is 0 Å². The summed E-state index contributed by atoms with van der Waals surface area (Å²) in [5.74, 6) is 1.68. The predicted molar refractivity (Wildman–Crippen MR) is 91.8 cm³/mol. The van der Waals surface area contributed by atoms with Crippen LogP contribution < -0.4 is 0 Å². The second-order valence-electron chi connectivity index (χ2n) is 5.45. The smallest absolute Gasteiger partial charge is 0.111 e. The molecule has 3 aromatic rings. The SMILES string of the molecule is Cc1cc(Cn2c(CCCl)nc3c(C)cccc32)sc1C. The van der Waals surface area contributed by atoms with Gasteiger partial charge in [0.05, 0.1) is 17.6 Å². The largest absolute Gasteiger partial charge is 0.323 e. The first-order valence-electron chi connectivity index (χ1n) is 7.16. The van der Waals surface area contributed by atoms with Crippen molar-refractivity contribution in [1.29, 1.82) is 0 Å². The van der Waals surface area contributed by atoms with Crippen LogP contribution in [0.2, 0.25) is 0 Å². The van der Waals surface area contributed by atoms with Gasteiger partial charge in [0, 0.05) is 22.1 Å². The Morgan fingerprint density at radius 3 is 2.67 bits per heavy atom. The van der Waals surface area contributed by atoms with Crippen LogP contribution in [0.1, 0.15) is 26.7 Å². The number of nitrogens with zero attached hydrogens (tertiary/aromatic N) is 2. The Balaban J connectivity index is 2.10. The highest BCUT2D eigenvalue weighted by atomic mass is 35.5. The molecule has 21 heavy (non-hydrogen) atoms. The molecule has 2 heterocycles. The van der Waals surface area contributed by atoms with Gasteiger partial charge in [-0.15, -0.1) is 22.9 Å². The van der Waals surface area contributed by atoms with E-state index in [1.54, 1.807) is 0 Å². The molecule has 0 amide bonds. The summed E-state index contributed by atoms with van der Waals surface area (Å²) in [4.78, 5) is 7.58. The topological polar surface area (TPSA) is 17.8 Å². The zero-order valence-electron chi connectivity index (χ0n) is 12.6. The van der Waals surface area contributed by atoms with Crippen LogP contribution in [0.25, 0.3) is 11.0 Å². The molecule has 0 aliphatic rings. The van der Waals surface area contributed by atoms with E-state index in [4.69, 9.17) is 16.6 Å². The molecule has 3 rings (SSSR count). The zero-order valence-corrected chi connectivity index (χ0v) is 14.2. The Labute approximate surface area is 134 Å². The number of aromatic nitrogens is 2. The lowest BCUT2D eigenvalue weighted by Crippen LogP contribution is -2.04. The van der Waals surface area contributed by atoms with Gasteiger partial charge in [0.1, 0.15) is 5.82 Å². The standard InChI is InChI=1S/C17H19ClN2S/c1-11-5-4-6-15-17(11)19-16(7-8-18)20(15)10-14-9-12(2)13(3)21-14/h4-6,9H,7-8,10H2,1-3H3. The van der Waals surface area contributed by atoms with Crippen LogP contribution in [0.3, 0.4) is 0 Å². The van der Waals surface area contributed by atoms with E-state index in [0.29, 0.717) is 5.88 Å². The van der Waals surface area contributed by atoms with Crippen molar-refractivity contribution in [2.24, 2.45) is 0 Å². The molecule has 0 unspecified atom stereocenters. The number of thiophene rings is 1. The van der Waals surface area contributed by atoms with Gasteiger partial charge in [-0.1, -0.05) is 12.1 Å². The van der Waals surface area contributed by atoms with Gasteiger partial charge in [0.15, 0.2) is 0 Å². The second kappa shape index (κ2) is 5.82. The van der Waals surface area contributed by atoms with Gasteiger partial charge in [0.2, 0.25) is 0 Å². The molecular weight excluding hydrogens is 300 g/mol. The van der Waals surface area contributed by atoms with Crippen LogP contribution in [0.5, 0.6) is 0 Å². The number of hydrogen-bond acceptors (Lipinski definition) is 2. The van der Waals surface area contributed by atoms with Gasteiger partial charge in [-0.3, -0.25) is 0 Å². The zero-order chi connectivity index (χ0) is 15.0. The fraction of sp³-hybridized carbons (Fsp3) is 0.353. The minimum Gasteiger partial charge on any atom is -0.323 e. The fourth-order valence-electron chi connectivity index (χ4n) is 2.67. The average Bonchev–Trinajstić information content (AvgIpc) is 2.94. The predicted octanol–water partition coefficient (Wildman–Crippen LogP) is 4.85. The number of para-hydroxylation sites is 1. The first-order valence-corrected chi connectivity index (χ1v) is 8.52. The highest BCUT2D eigenvalue weighted by molar-refractivity contribution is 7.12. The third-order valence-electron chi connectivity index (χ3n) is 3.91. The fourth-order valence-corrected chi connectivity index (χ4v) is 3.88. The van der Waals surface area contributed by atoms with E-state index in [-0.39, 0.29) is 0 Å². The van der Waals surface area contributed by atoms with Crippen LogP contribution in [0, 0.1) is 20.8 Å². The molecule has 0 atom stereocenters. The number of alkyl halides is 1. The highest BCUT2D eigenvalue weighted by Gasteiger charge is 2.13. The average molecular weight is 319 g/mol. The molecule has 2 nitrogen and oxygen atoms in total. The molecule has 0 bridgehead atoms. The number of rotatable bonds is 4. The molecule has 0 aliphatic carbocycles. The maximum atomic E-state index is 5.96. The summed E-state index contributed by atoms with van der Waals surface area (Å²) in [5.41, 5.74) is 4.90. The minimum absolute atomic E-state index is 0.602. The molecule has 110 valence electrons. The van der Waals surface area contributed by atoms with E-state index in [2.05, 4.69) is 49.6 Å².